The smallest absolute Gasteiger partial charge is 0.368 e. The number of hydrogen-bond acceptors (Lipinski definition) is 4. The van der Waals surface area contributed by atoms with Gasteiger partial charge in [0.2, 0.25) is 0 Å². The van der Waals surface area contributed by atoms with Gasteiger partial charge < -0.3 is 11.1 Å². The maximum Gasteiger partial charge on any atom is 0.417 e. The SMILES string of the molecule is N[C@@H](CNc1cc(-c2ccc(C(F)(F)F)c(Cl)c2)ncn1)c1cccc(C(F)(F)F)c1. The Labute approximate surface area is 178 Å². The summed E-state index contributed by atoms with van der Waals surface area (Å²) < 4.78 is 77.2. The van der Waals surface area contributed by atoms with Crippen LogP contribution in [-0.4, -0.2) is 16.5 Å². The Bertz CT molecular complexity index is 1070. The van der Waals surface area contributed by atoms with Crippen LogP contribution in [0.2, 0.25) is 5.02 Å². The van der Waals surface area contributed by atoms with Crippen LogP contribution >= 0.6 is 11.6 Å². The number of benzene rings is 2. The predicted molar refractivity (Wildman–Crippen MR) is 104 cm³/mol. The minimum atomic E-state index is -4.58. The molecule has 164 valence electrons. The second-order valence-electron chi connectivity index (χ2n) is 6.59. The van der Waals surface area contributed by atoms with Gasteiger partial charge in [-0.3, -0.25) is 0 Å². The van der Waals surface area contributed by atoms with Gasteiger partial charge in [0.25, 0.3) is 0 Å². The van der Waals surface area contributed by atoms with Crippen molar-refractivity contribution >= 4 is 17.4 Å². The molecule has 4 nitrogen and oxygen atoms in total. The molecule has 1 atom stereocenters. The molecule has 0 aliphatic rings. The highest BCUT2D eigenvalue weighted by atomic mass is 35.5. The Morgan fingerprint density at radius 2 is 1.68 bits per heavy atom. The van der Waals surface area contributed by atoms with Crippen molar-refractivity contribution in [3.05, 3.63) is 76.6 Å². The molecular formula is C20H15ClF6N4. The highest BCUT2D eigenvalue weighted by Crippen LogP contribution is 2.36. The molecule has 3 aromatic rings. The van der Waals surface area contributed by atoms with Crippen molar-refractivity contribution in [2.24, 2.45) is 5.73 Å². The minimum Gasteiger partial charge on any atom is -0.368 e. The molecule has 11 heteroatoms. The van der Waals surface area contributed by atoms with E-state index < -0.39 is 34.5 Å². The molecule has 2 aromatic carbocycles. The van der Waals surface area contributed by atoms with Crippen molar-refractivity contribution in [3.8, 4) is 11.3 Å². The van der Waals surface area contributed by atoms with Gasteiger partial charge in [0.1, 0.15) is 12.1 Å². The lowest BCUT2D eigenvalue weighted by Gasteiger charge is -2.16. The first-order valence-electron chi connectivity index (χ1n) is 8.81. The number of nitrogens with zero attached hydrogens (tertiary/aromatic N) is 2. The van der Waals surface area contributed by atoms with E-state index in [4.69, 9.17) is 17.3 Å². The Morgan fingerprint density at radius 1 is 0.935 bits per heavy atom. The van der Waals surface area contributed by atoms with Gasteiger partial charge in [-0.1, -0.05) is 29.8 Å². The van der Waals surface area contributed by atoms with Gasteiger partial charge in [0.15, 0.2) is 0 Å². The van der Waals surface area contributed by atoms with Crippen molar-refractivity contribution in [1.82, 2.24) is 9.97 Å². The van der Waals surface area contributed by atoms with Crippen LogP contribution in [0, 0.1) is 0 Å². The first-order chi connectivity index (χ1) is 14.4. The molecule has 1 heterocycles. The molecule has 31 heavy (non-hydrogen) atoms. The fourth-order valence-corrected chi connectivity index (χ4v) is 3.08. The summed E-state index contributed by atoms with van der Waals surface area (Å²) in [6.07, 6.45) is -7.86. The maximum absolute atomic E-state index is 12.9. The molecule has 0 saturated heterocycles. The Hall–Kier alpha value is -2.85. The fraction of sp³-hybridized carbons (Fsp3) is 0.200. The molecule has 0 radical (unpaired) electrons. The predicted octanol–water partition coefficient (Wildman–Crippen LogP) is 5.95. The molecule has 3 N–H and O–H groups in total. The third-order valence-electron chi connectivity index (χ3n) is 4.38. The van der Waals surface area contributed by atoms with Crippen molar-refractivity contribution < 1.29 is 26.3 Å². The van der Waals surface area contributed by atoms with E-state index in [9.17, 15) is 26.3 Å². The summed E-state index contributed by atoms with van der Waals surface area (Å²) in [5, 5.41) is 2.42. The standard InChI is InChI=1S/C20H15ClF6N4/c21-15-7-12(4-5-14(15)20(25,26)27)17-8-18(31-10-30-17)29-9-16(28)11-2-1-3-13(6-11)19(22,23)24/h1-8,10,16H,9,28H2,(H,29,30,31)/t16-/m0/s1. The summed E-state index contributed by atoms with van der Waals surface area (Å²) in [5.74, 6) is 0.295. The van der Waals surface area contributed by atoms with Gasteiger partial charge in [0, 0.05) is 24.2 Å². The van der Waals surface area contributed by atoms with Gasteiger partial charge >= 0.3 is 12.4 Å². The van der Waals surface area contributed by atoms with Crippen molar-refractivity contribution in [3.63, 3.8) is 0 Å². The zero-order valence-electron chi connectivity index (χ0n) is 15.6. The van der Waals surface area contributed by atoms with Crippen LogP contribution in [0.3, 0.4) is 0 Å². The molecular weight excluding hydrogens is 446 g/mol. The molecule has 1 aromatic heterocycles. The first kappa shape index (κ1) is 22.8. The van der Waals surface area contributed by atoms with Gasteiger partial charge in [-0.25, -0.2) is 9.97 Å². The van der Waals surface area contributed by atoms with E-state index in [2.05, 4.69) is 15.3 Å². The molecule has 3 rings (SSSR count). The number of rotatable bonds is 5. The van der Waals surface area contributed by atoms with Gasteiger partial charge in [0.05, 0.1) is 21.8 Å². The van der Waals surface area contributed by atoms with E-state index >= 15 is 0 Å². The van der Waals surface area contributed by atoms with Crippen molar-refractivity contribution in [1.29, 1.82) is 0 Å². The van der Waals surface area contributed by atoms with Gasteiger partial charge in [-0.2, -0.15) is 26.3 Å². The van der Waals surface area contributed by atoms with E-state index in [1.807, 2.05) is 0 Å². The monoisotopic (exact) mass is 460 g/mol. The van der Waals surface area contributed by atoms with Crippen LogP contribution < -0.4 is 11.1 Å². The van der Waals surface area contributed by atoms with E-state index in [-0.39, 0.29) is 12.1 Å². The van der Waals surface area contributed by atoms with Crippen LogP contribution in [0.25, 0.3) is 11.3 Å². The van der Waals surface area contributed by atoms with Crippen LogP contribution in [-0.2, 0) is 12.4 Å². The highest BCUT2D eigenvalue weighted by molar-refractivity contribution is 6.31. The third-order valence-corrected chi connectivity index (χ3v) is 4.70. The number of alkyl halides is 6. The quantitative estimate of drug-likeness (QED) is 0.462. The number of aromatic nitrogens is 2. The Balaban J connectivity index is 1.74. The zero-order chi connectivity index (χ0) is 22.8. The third kappa shape index (κ3) is 5.65. The van der Waals surface area contributed by atoms with E-state index in [1.165, 1.54) is 30.6 Å². The van der Waals surface area contributed by atoms with Gasteiger partial charge in [-0.15, -0.1) is 0 Å². The molecule has 0 aliphatic carbocycles. The Kier molecular flexibility index (Phi) is 6.42. The van der Waals surface area contributed by atoms with E-state index in [0.29, 0.717) is 17.1 Å². The number of anilines is 1. The number of hydrogen-bond donors (Lipinski definition) is 2. The summed E-state index contributed by atoms with van der Waals surface area (Å²) in [5.41, 5.74) is 5.15. The fourth-order valence-electron chi connectivity index (χ4n) is 2.79. The maximum atomic E-state index is 12.9. The first-order valence-corrected chi connectivity index (χ1v) is 9.19. The summed E-state index contributed by atoms with van der Waals surface area (Å²) in [7, 11) is 0. The zero-order valence-corrected chi connectivity index (χ0v) is 16.4. The van der Waals surface area contributed by atoms with Crippen molar-refractivity contribution in [2.75, 3.05) is 11.9 Å². The largest absolute Gasteiger partial charge is 0.417 e. The van der Waals surface area contributed by atoms with Crippen LogP contribution in [0.5, 0.6) is 0 Å². The van der Waals surface area contributed by atoms with Crippen LogP contribution in [0.1, 0.15) is 22.7 Å². The van der Waals surface area contributed by atoms with E-state index in [0.717, 1.165) is 24.3 Å². The number of nitrogens with one attached hydrogen (secondary N) is 1. The van der Waals surface area contributed by atoms with E-state index in [1.54, 1.807) is 0 Å². The average molecular weight is 461 g/mol. The van der Waals surface area contributed by atoms with Crippen molar-refractivity contribution in [2.45, 2.75) is 18.4 Å². The van der Waals surface area contributed by atoms with Gasteiger partial charge in [-0.05, 0) is 29.8 Å². The molecule has 0 unspecified atom stereocenters. The second kappa shape index (κ2) is 8.72. The number of halogens is 7. The summed E-state index contributed by atoms with van der Waals surface area (Å²) in [4.78, 5) is 8.02. The lowest BCUT2D eigenvalue weighted by atomic mass is 10.0. The minimum absolute atomic E-state index is 0.0610. The van der Waals surface area contributed by atoms with Crippen LogP contribution in [0.15, 0.2) is 54.9 Å². The number of nitrogens with two attached hydrogens (primary N) is 1. The summed E-state index contributed by atoms with van der Waals surface area (Å²) in [6.45, 7) is 0.0610. The molecule has 0 saturated carbocycles. The van der Waals surface area contributed by atoms with Crippen LogP contribution in [0.4, 0.5) is 32.2 Å². The normalized spacial score (nSPS) is 13.2. The summed E-state index contributed by atoms with van der Waals surface area (Å²) >= 11 is 5.74. The molecule has 0 aliphatic heterocycles. The summed E-state index contributed by atoms with van der Waals surface area (Å²) in [6, 6.07) is 8.62. The topological polar surface area (TPSA) is 63.8 Å². The molecule has 0 bridgehead atoms. The second-order valence-corrected chi connectivity index (χ2v) is 7.00. The molecule has 0 spiro atoms. The average Bonchev–Trinajstić information content (AvgIpc) is 2.70. The highest BCUT2D eigenvalue weighted by Gasteiger charge is 2.33. The molecule has 0 fully saturated rings. The lowest BCUT2D eigenvalue weighted by Crippen LogP contribution is -2.21. The lowest BCUT2D eigenvalue weighted by molar-refractivity contribution is -0.138. The molecule has 0 amide bonds. The Morgan fingerprint density at radius 3 is 2.32 bits per heavy atom.